The molecular formula is C28H34N4O4S. The predicted molar refractivity (Wildman–Crippen MR) is 143 cm³/mol. The molecule has 0 bridgehead atoms. The summed E-state index contributed by atoms with van der Waals surface area (Å²) >= 11 is 1.57. The number of carbonyl (C=O) groups is 4. The number of hydrogen-bond donors (Lipinski definition) is 3. The first-order valence-electron chi connectivity index (χ1n) is 12.5. The van der Waals surface area contributed by atoms with Crippen molar-refractivity contribution in [1.29, 1.82) is 0 Å². The van der Waals surface area contributed by atoms with Crippen LogP contribution in [0.2, 0.25) is 0 Å². The minimum Gasteiger partial charge on any atom is -0.350 e. The fourth-order valence-corrected chi connectivity index (χ4v) is 6.46. The molecule has 9 heteroatoms. The van der Waals surface area contributed by atoms with Gasteiger partial charge in [-0.25, -0.2) is 0 Å². The lowest BCUT2D eigenvalue weighted by atomic mass is 10.00. The number of thioether (sulfide) groups is 1. The van der Waals surface area contributed by atoms with Crippen molar-refractivity contribution in [3.05, 3.63) is 71.3 Å². The van der Waals surface area contributed by atoms with Crippen LogP contribution in [0.3, 0.4) is 0 Å². The van der Waals surface area contributed by atoms with Crippen molar-refractivity contribution < 1.29 is 19.2 Å². The van der Waals surface area contributed by atoms with Gasteiger partial charge in [0.2, 0.25) is 17.7 Å². The Morgan fingerprint density at radius 2 is 1.59 bits per heavy atom. The molecule has 2 aliphatic rings. The summed E-state index contributed by atoms with van der Waals surface area (Å²) in [5.41, 5.74) is 2.48. The molecule has 0 saturated carbocycles. The van der Waals surface area contributed by atoms with Crippen molar-refractivity contribution in [1.82, 2.24) is 20.9 Å². The average molecular weight is 523 g/mol. The van der Waals surface area contributed by atoms with Gasteiger partial charge >= 0.3 is 0 Å². The van der Waals surface area contributed by atoms with Gasteiger partial charge in [-0.1, -0.05) is 62.4 Å². The van der Waals surface area contributed by atoms with E-state index in [9.17, 15) is 19.2 Å². The molecule has 4 rings (SSSR count). The zero-order valence-electron chi connectivity index (χ0n) is 21.8. The summed E-state index contributed by atoms with van der Waals surface area (Å²) in [6, 6.07) is 14.5. The highest BCUT2D eigenvalue weighted by Crippen LogP contribution is 2.56. The maximum atomic E-state index is 13.5. The van der Waals surface area contributed by atoms with Gasteiger partial charge in [-0.05, 0) is 43.9 Å². The quantitative estimate of drug-likeness (QED) is 0.494. The van der Waals surface area contributed by atoms with Crippen LogP contribution in [0, 0.1) is 5.92 Å². The normalized spacial score (nSPS) is 21.1. The Labute approximate surface area is 221 Å². The monoisotopic (exact) mass is 522 g/mol. The van der Waals surface area contributed by atoms with Crippen LogP contribution in [0.4, 0.5) is 0 Å². The van der Waals surface area contributed by atoms with E-state index in [0.29, 0.717) is 12.1 Å². The van der Waals surface area contributed by atoms with E-state index in [1.807, 2.05) is 76.2 Å². The molecule has 2 aromatic rings. The number of fused-ring (bicyclic) bond motifs is 3. The molecule has 4 amide bonds. The smallest absolute Gasteiger partial charge is 0.256 e. The molecule has 8 nitrogen and oxygen atoms in total. The molecular weight excluding hydrogens is 488 g/mol. The molecule has 0 aromatic heterocycles. The SMILES string of the molecule is CC(C)[C@H](NC(=O)[C@H](C)NC(=O)[C@H]1N2C(=O)c3ccccc3C2SC1(C)C)C(=O)NCc1ccccc1. The van der Waals surface area contributed by atoms with Gasteiger partial charge in [0.25, 0.3) is 5.91 Å². The van der Waals surface area contributed by atoms with Crippen LogP contribution in [0.25, 0.3) is 0 Å². The van der Waals surface area contributed by atoms with E-state index in [0.717, 1.165) is 11.1 Å². The van der Waals surface area contributed by atoms with Crippen LogP contribution >= 0.6 is 11.8 Å². The Morgan fingerprint density at radius 3 is 2.27 bits per heavy atom. The van der Waals surface area contributed by atoms with Crippen LogP contribution in [-0.2, 0) is 20.9 Å². The standard InChI is InChI=1S/C28H34N4O4S/c1-16(2)21(24(34)29-15-18-11-7-6-8-12-18)31-23(33)17(3)30-25(35)22-28(4,5)37-27-20-14-10-9-13-19(20)26(36)32(22)27/h6-14,16-17,21-22,27H,15H2,1-5H3,(H,29,34)(H,30,35)(H,31,33)/t17-,21-,22+,27?/m0/s1. The maximum Gasteiger partial charge on any atom is 0.256 e. The van der Waals surface area contributed by atoms with Crippen LogP contribution in [0.15, 0.2) is 54.6 Å². The molecule has 2 aliphatic heterocycles. The molecule has 0 spiro atoms. The lowest BCUT2D eigenvalue weighted by molar-refractivity contribution is -0.133. The number of hydrogen-bond acceptors (Lipinski definition) is 5. The van der Waals surface area contributed by atoms with Gasteiger partial charge < -0.3 is 20.9 Å². The zero-order chi connectivity index (χ0) is 26.9. The summed E-state index contributed by atoms with van der Waals surface area (Å²) < 4.78 is -0.550. The van der Waals surface area contributed by atoms with Crippen molar-refractivity contribution >= 4 is 35.4 Å². The number of nitrogens with zero attached hydrogens (tertiary/aromatic N) is 1. The van der Waals surface area contributed by atoms with Gasteiger partial charge in [0, 0.05) is 16.9 Å². The molecule has 4 atom stereocenters. The first-order valence-corrected chi connectivity index (χ1v) is 13.4. The van der Waals surface area contributed by atoms with Gasteiger partial charge in [0.1, 0.15) is 23.5 Å². The average Bonchev–Trinajstić information content (AvgIpc) is 3.29. The Balaban J connectivity index is 1.40. The van der Waals surface area contributed by atoms with E-state index < -0.39 is 34.7 Å². The second kappa shape index (κ2) is 10.6. The summed E-state index contributed by atoms with van der Waals surface area (Å²) in [4.78, 5) is 54.1. The van der Waals surface area contributed by atoms with E-state index >= 15 is 0 Å². The minimum atomic E-state index is -0.893. The third-order valence-electron chi connectivity index (χ3n) is 6.85. The molecule has 2 aromatic carbocycles. The van der Waals surface area contributed by atoms with Crippen molar-refractivity contribution in [2.24, 2.45) is 5.92 Å². The van der Waals surface area contributed by atoms with E-state index in [1.165, 1.54) is 0 Å². The first-order chi connectivity index (χ1) is 17.5. The summed E-state index contributed by atoms with van der Waals surface area (Å²) in [7, 11) is 0. The molecule has 0 radical (unpaired) electrons. The second-order valence-corrected chi connectivity index (χ2v) is 12.2. The van der Waals surface area contributed by atoms with Gasteiger partial charge in [-0.3, -0.25) is 19.2 Å². The summed E-state index contributed by atoms with van der Waals surface area (Å²) in [5, 5.41) is 8.21. The topological polar surface area (TPSA) is 108 Å². The zero-order valence-corrected chi connectivity index (χ0v) is 22.6. The van der Waals surface area contributed by atoms with Crippen molar-refractivity contribution in [2.75, 3.05) is 0 Å². The number of benzene rings is 2. The maximum absolute atomic E-state index is 13.5. The van der Waals surface area contributed by atoms with Gasteiger partial charge in [-0.15, -0.1) is 11.8 Å². The molecule has 196 valence electrons. The Bertz CT molecular complexity index is 1200. The highest BCUT2D eigenvalue weighted by atomic mass is 32.2. The number of nitrogens with one attached hydrogen (secondary N) is 3. The summed E-state index contributed by atoms with van der Waals surface area (Å²) in [6.45, 7) is 9.52. The third kappa shape index (κ3) is 5.37. The Kier molecular flexibility index (Phi) is 7.64. The van der Waals surface area contributed by atoms with Crippen LogP contribution in [0.1, 0.15) is 61.5 Å². The van der Waals surface area contributed by atoms with Gasteiger partial charge in [-0.2, -0.15) is 0 Å². The van der Waals surface area contributed by atoms with Gasteiger partial charge in [0.15, 0.2) is 0 Å². The van der Waals surface area contributed by atoms with Crippen LogP contribution < -0.4 is 16.0 Å². The lowest BCUT2D eigenvalue weighted by Crippen LogP contribution is -2.58. The predicted octanol–water partition coefficient (Wildman–Crippen LogP) is 3.00. The summed E-state index contributed by atoms with van der Waals surface area (Å²) in [6.07, 6.45) is 0. The van der Waals surface area contributed by atoms with E-state index in [-0.39, 0.29) is 23.1 Å². The van der Waals surface area contributed by atoms with Crippen LogP contribution in [-0.4, -0.2) is 51.4 Å². The number of rotatable bonds is 8. The fraction of sp³-hybridized carbons (Fsp3) is 0.429. The fourth-order valence-electron chi connectivity index (χ4n) is 4.87. The van der Waals surface area contributed by atoms with Crippen LogP contribution in [0.5, 0.6) is 0 Å². The number of amides is 4. The van der Waals surface area contributed by atoms with Crippen molar-refractivity contribution in [3.63, 3.8) is 0 Å². The second-order valence-electron chi connectivity index (χ2n) is 10.4. The van der Waals surface area contributed by atoms with Gasteiger partial charge in [0.05, 0.1) is 0 Å². The van der Waals surface area contributed by atoms with Crippen molar-refractivity contribution in [2.45, 2.75) is 69.4 Å². The molecule has 1 fully saturated rings. The van der Waals surface area contributed by atoms with E-state index in [2.05, 4.69) is 16.0 Å². The number of carbonyl (C=O) groups excluding carboxylic acids is 4. The minimum absolute atomic E-state index is 0.158. The molecule has 2 heterocycles. The lowest BCUT2D eigenvalue weighted by Gasteiger charge is -2.31. The molecule has 0 aliphatic carbocycles. The van der Waals surface area contributed by atoms with E-state index in [1.54, 1.807) is 29.7 Å². The summed E-state index contributed by atoms with van der Waals surface area (Å²) in [5.74, 6) is -1.47. The Hall–Kier alpha value is -3.33. The molecule has 37 heavy (non-hydrogen) atoms. The molecule has 3 N–H and O–H groups in total. The first kappa shape index (κ1) is 26.7. The molecule has 1 saturated heterocycles. The van der Waals surface area contributed by atoms with E-state index in [4.69, 9.17) is 0 Å². The Morgan fingerprint density at radius 1 is 0.946 bits per heavy atom. The largest absolute Gasteiger partial charge is 0.350 e. The molecule has 1 unspecified atom stereocenters. The van der Waals surface area contributed by atoms with Crippen molar-refractivity contribution in [3.8, 4) is 0 Å². The third-order valence-corrected chi connectivity index (χ3v) is 8.39. The highest BCUT2D eigenvalue weighted by Gasteiger charge is 2.57. The highest BCUT2D eigenvalue weighted by molar-refractivity contribution is 8.01.